The number of aromatic nitrogens is 1. The molecule has 0 aliphatic heterocycles. The third-order valence-corrected chi connectivity index (χ3v) is 3.20. The number of benzene rings is 1. The average Bonchev–Trinajstić information content (AvgIpc) is 2.46. The molecule has 2 rings (SSSR count). The van der Waals surface area contributed by atoms with Crippen molar-refractivity contribution in [1.82, 2.24) is 4.98 Å². The second kappa shape index (κ2) is 6.68. The fourth-order valence-electron chi connectivity index (χ4n) is 1.64. The van der Waals surface area contributed by atoms with E-state index in [-0.39, 0.29) is 0 Å². The molecular weight excluding hydrogens is 299 g/mol. The highest BCUT2D eigenvalue weighted by Gasteiger charge is 2.10. The van der Waals surface area contributed by atoms with Crippen LogP contribution in [0.2, 0.25) is 10.0 Å². The molecule has 0 saturated heterocycles. The van der Waals surface area contributed by atoms with Crippen LogP contribution in [0, 0.1) is 0 Å². The summed E-state index contributed by atoms with van der Waals surface area (Å²) in [5, 5.41) is 3.70. The lowest BCUT2D eigenvalue weighted by Gasteiger charge is -2.10. The molecule has 0 spiro atoms. The van der Waals surface area contributed by atoms with Gasteiger partial charge in [0.05, 0.1) is 12.1 Å². The van der Waals surface area contributed by atoms with Gasteiger partial charge in [0.15, 0.2) is 0 Å². The predicted octanol–water partition coefficient (Wildman–Crippen LogP) is 4.02. The number of halogens is 2. The van der Waals surface area contributed by atoms with Crippen molar-refractivity contribution in [2.45, 2.75) is 6.61 Å². The molecule has 1 aromatic heterocycles. The second-order valence-corrected chi connectivity index (χ2v) is 4.81. The summed E-state index contributed by atoms with van der Waals surface area (Å²) >= 11 is 12.0. The first-order chi connectivity index (χ1) is 9.63. The van der Waals surface area contributed by atoms with E-state index in [1.54, 1.807) is 20.2 Å². The zero-order chi connectivity index (χ0) is 14.5. The van der Waals surface area contributed by atoms with Crippen molar-refractivity contribution in [2.75, 3.05) is 19.5 Å². The molecule has 0 amide bonds. The Morgan fingerprint density at radius 2 is 2.00 bits per heavy atom. The molecule has 0 saturated carbocycles. The first-order valence-electron chi connectivity index (χ1n) is 5.93. The van der Waals surface area contributed by atoms with Gasteiger partial charge in [-0.1, -0.05) is 35.3 Å². The highest BCUT2D eigenvalue weighted by Crippen LogP contribution is 2.31. The Morgan fingerprint density at radius 3 is 2.70 bits per heavy atom. The van der Waals surface area contributed by atoms with E-state index in [9.17, 15) is 0 Å². The Labute approximate surface area is 127 Å². The van der Waals surface area contributed by atoms with Crippen LogP contribution in [-0.2, 0) is 6.61 Å². The van der Waals surface area contributed by atoms with Gasteiger partial charge in [-0.15, -0.1) is 0 Å². The quantitative estimate of drug-likeness (QED) is 0.905. The predicted molar refractivity (Wildman–Crippen MR) is 81.1 cm³/mol. The maximum Gasteiger partial charge on any atom is 0.234 e. The Balaban J connectivity index is 2.14. The maximum atomic E-state index is 6.06. The molecule has 106 valence electrons. The van der Waals surface area contributed by atoms with Gasteiger partial charge in [0, 0.05) is 7.05 Å². The summed E-state index contributed by atoms with van der Waals surface area (Å²) in [6.45, 7) is 0.342. The topological polar surface area (TPSA) is 43.4 Å². The third-order valence-electron chi connectivity index (χ3n) is 2.64. The largest absolute Gasteiger partial charge is 0.497 e. The van der Waals surface area contributed by atoms with Crippen molar-refractivity contribution in [1.29, 1.82) is 0 Å². The van der Waals surface area contributed by atoms with Crippen LogP contribution in [0.15, 0.2) is 30.3 Å². The molecule has 4 nitrogen and oxygen atoms in total. The zero-order valence-corrected chi connectivity index (χ0v) is 12.6. The summed E-state index contributed by atoms with van der Waals surface area (Å²) in [6.07, 6.45) is 0. The minimum absolute atomic E-state index is 0.336. The molecule has 1 aromatic carbocycles. The van der Waals surface area contributed by atoms with E-state index < -0.39 is 0 Å². The Bertz CT molecular complexity index is 606. The van der Waals surface area contributed by atoms with Crippen molar-refractivity contribution in [3.8, 4) is 11.6 Å². The Morgan fingerprint density at radius 1 is 1.20 bits per heavy atom. The molecule has 1 N–H and O–H groups in total. The Kier molecular flexibility index (Phi) is 4.93. The van der Waals surface area contributed by atoms with Gasteiger partial charge in [0.1, 0.15) is 23.2 Å². The molecule has 1 heterocycles. The highest BCUT2D eigenvalue weighted by molar-refractivity contribution is 6.36. The number of hydrogen-bond acceptors (Lipinski definition) is 4. The number of anilines is 1. The third kappa shape index (κ3) is 3.46. The monoisotopic (exact) mass is 312 g/mol. The lowest BCUT2D eigenvalue weighted by atomic mass is 10.2. The summed E-state index contributed by atoms with van der Waals surface area (Å²) in [5.41, 5.74) is 0.961. The second-order valence-electron chi connectivity index (χ2n) is 4.00. The van der Waals surface area contributed by atoms with Gasteiger partial charge in [-0.3, -0.25) is 0 Å². The molecule has 0 aliphatic carbocycles. The van der Waals surface area contributed by atoms with Crippen LogP contribution >= 0.6 is 23.2 Å². The Hall–Kier alpha value is -1.65. The van der Waals surface area contributed by atoms with Crippen LogP contribution in [0.25, 0.3) is 0 Å². The van der Waals surface area contributed by atoms with Crippen LogP contribution < -0.4 is 14.8 Å². The molecule has 20 heavy (non-hydrogen) atoms. The number of pyridine rings is 1. The molecule has 0 bridgehead atoms. The highest BCUT2D eigenvalue weighted by atomic mass is 35.5. The van der Waals surface area contributed by atoms with Crippen molar-refractivity contribution in [3.63, 3.8) is 0 Å². The minimum atomic E-state index is 0.336. The van der Waals surface area contributed by atoms with Crippen molar-refractivity contribution in [3.05, 3.63) is 45.9 Å². The number of nitrogens with one attached hydrogen (secondary N) is 1. The van der Waals surface area contributed by atoms with Crippen LogP contribution in [-0.4, -0.2) is 19.1 Å². The van der Waals surface area contributed by atoms with Gasteiger partial charge in [-0.25, -0.2) is 0 Å². The first kappa shape index (κ1) is 14.8. The fraction of sp³-hybridized carbons (Fsp3) is 0.214. The SMILES string of the molecule is CNc1nc(OCc2cccc(OC)c2)c(Cl)cc1Cl. The van der Waals surface area contributed by atoms with E-state index in [1.165, 1.54) is 0 Å². The van der Waals surface area contributed by atoms with Crippen molar-refractivity contribution < 1.29 is 9.47 Å². The van der Waals surface area contributed by atoms with Crippen molar-refractivity contribution >= 4 is 29.0 Å². The number of ether oxygens (including phenoxy) is 2. The summed E-state index contributed by atoms with van der Waals surface area (Å²) in [6, 6.07) is 9.20. The van der Waals surface area contributed by atoms with E-state index in [0.29, 0.717) is 28.3 Å². The molecule has 0 atom stereocenters. The van der Waals surface area contributed by atoms with Gasteiger partial charge < -0.3 is 14.8 Å². The molecule has 0 aliphatic rings. The van der Waals surface area contributed by atoms with Crippen LogP contribution in [0.3, 0.4) is 0 Å². The number of rotatable bonds is 5. The summed E-state index contributed by atoms with van der Waals surface area (Å²) in [5.74, 6) is 1.64. The van der Waals surface area contributed by atoms with E-state index in [0.717, 1.165) is 11.3 Å². The van der Waals surface area contributed by atoms with Gasteiger partial charge in [0.2, 0.25) is 5.88 Å². The molecule has 2 aromatic rings. The first-order valence-corrected chi connectivity index (χ1v) is 6.69. The van der Waals surface area contributed by atoms with E-state index in [4.69, 9.17) is 32.7 Å². The normalized spacial score (nSPS) is 10.2. The number of nitrogens with zero attached hydrogens (tertiary/aromatic N) is 1. The minimum Gasteiger partial charge on any atom is -0.497 e. The lowest BCUT2D eigenvalue weighted by molar-refractivity contribution is 0.293. The fourth-order valence-corrected chi connectivity index (χ4v) is 2.15. The lowest BCUT2D eigenvalue weighted by Crippen LogP contribution is -2.01. The van der Waals surface area contributed by atoms with Crippen LogP contribution in [0.5, 0.6) is 11.6 Å². The summed E-state index contributed by atoms with van der Waals surface area (Å²) in [7, 11) is 3.35. The van der Waals surface area contributed by atoms with Gasteiger partial charge in [0.25, 0.3) is 0 Å². The van der Waals surface area contributed by atoms with E-state index in [2.05, 4.69) is 10.3 Å². The number of methoxy groups -OCH3 is 1. The van der Waals surface area contributed by atoms with Gasteiger partial charge >= 0.3 is 0 Å². The van der Waals surface area contributed by atoms with E-state index >= 15 is 0 Å². The van der Waals surface area contributed by atoms with Gasteiger partial charge in [-0.2, -0.15) is 4.98 Å². The zero-order valence-electron chi connectivity index (χ0n) is 11.1. The molecule has 0 radical (unpaired) electrons. The van der Waals surface area contributed by atoms with Gasteiger partial charge in [-0.05, 0) is 23.8 Å². The standard InChI is InChI=1S/C14H14Cl2N2O2/c1-17-13-11(15)7-12(16)14(18-13)20-8-9-4-3-5-10(6-9)19-2/h3-7H,8H2,1-2H3,(H,17,18). The van der Waals surface area contributed by atoms with E-state index in [1.807, 2.05) is 24.3 Å². The molecule has 0 unspecified atom stereocenters. The smallest absolute Gasteiger partial charge is 0.234 e. The summed E-state index contributed by atoms with van der Waals surface area (Å²) < 4.78 is 10.8. The number of hydrogen-bond donors (Lipinski definition) is 1. The summed E-state index contributed by atoms with van der Waals surface area (Å²) in [4.78, 5) is 4.22. The molecule has 6 heteroatoms. The maximum absolute atomic E-state index is 6.06. The van der Waals surface area contributed by atoms with Crippen LogP contribution in [0.4, 0.5) is 5.82 Å². The molecule has 0 fully saturated rings. The molecular formula is C14H14Cl2N2O2. The van der Waals surface area contributed by atoms with Crippen LogP contribution in [0.1, 0.15) is 5.56 Å². The average molecular weight is 313 g/mol. The van der Waals surface area contributed by atoms with Crippen molar-refractivity contribution in [2.24, 2.45) is 0 Å².